The predicted octanol–water partition coefficient (Wildman–Crippen LogP) is 2.22. The molecular formula is C13H10N4O2S. The molecule has 0 bridgehead atoms. The first-order valence-electron chi connectivity index (χ1n) is 5.77. The van der Waals surface area contributed by atoms with Crippen molar-refractivity contribution in [3.8, 4) is 17.2 Å². The van der Waals surface area contributed by atoms with Crippen LogP contribution in [0.3, 0.4) is 0 Å². The van der Waals surface area contributed by atoms with Gasteiger partial charge in [0.05, 0.1) is 5.69 Å². The number of aromatic nitrogens is 4. The van der Waals surface area contributed by atoms with Gasteiger partial charge in [-0.1, -0.05) is 18.2 Å². The van der Waals surface area contributed by atoms with Crippen LogP contribution in [0.1, 0.15) is 0 Å². The highest BCUT2D eigenvalue weighted by Crippen LogP contribution is 2.32. The van der Waals surface area contributed by atoms with Crippen LogP contribution in [0.25, 0.3) is 5.69 Å². The standard InChI is InChI=1S/C13H10N4O2S/c18-10-6-11(19)8-12(7-10)20-13-14-15-16-17(13)9-4-2-1-3-5-9/h1-8,18-19H. The Balaban J connectivity index is 1.94. The van der Waals surface area contributed by atoms with Crippen molar-refractivity contribution in [1.29, 1.82) is 0 Å². The van der Waals surface area contributed by atoms with Crippen molar-refractivity contribution in [2.75, 3.05) is 0 Å². The van der Waals surface area contributed by atoms with Gasteiger partial charge in [0.15, 0.2) is 0 Å². The molecule has 2 N–H and O–H groups in total. The third-order valence-corrected chi connectivity index (χ3v) is 3.44. The van der Waals surface area contributed by atoms with Crippen molar-refractivity contribution >= 4 is 11.8 Å². The van der Waals surface area contributed by atoms with Crippen LogP contribution in [-0.2, 0) is 0 Å². The summed E-state index contributed by atoms with van der Waals surface area (Å²) in [5, 5.41) is 31.0. The fraction of sp³-hybridized carbons (Fsp3) is 0. The van der Waals surface area contributed by atoms with Crippen molar-refractivity contribution < 1.29 is 10.2 Å². The topological polar surface area (TPSA) is 84.1 Å². The number of nitrogens with zero attached hydrogens (tertiary/aromatic N) is 4. The molecule has 1 heterocycles. The summed E-state index contributed by atoms with van der Waals surface area (Å²) in [6, 6.07) is 13.8. The molecule has 0 aliphatic carbocycles. The third kappa shape index (κ3) is 2.57. The van der Waals surface area contributed by atoms with Crippen molar-refractivity contribution in [2.24, 2.45) is 0 Å². The van der Waals surface area contributed by atoms with Crippen LogP contribution in [0.5, 0.6) is 11.5 Å². The number of benzene rings is 2. The molecular weight excluding hydrogens is 276 g/mol. The van der Waals surface area contributed by atoms with E-state index in [1.54, 1.807) is 4.68 Å². The molecule has 3 rings (SSSR count). The number of hydrogen-bond acceptors (Lipinski definition) is 6. The monoisotopic (exact) mass is 286 g/mol. The van der Waals surface area contributed by atoms with Gasteiger partial charge in [-0.2, -0.15) is 4.68 Å². The van der Waals surface area contributed by atoms with Crippen LogP contribution in [0.15, 0.2) is 58.6 Å². The number of hydrogen-bond donors (Lipinski definition) is 2. The van der Waals surface area contributed by atoms with E-state index in [9.17, 15) is 10.2 Å². The third-order valence-electron chi connectivity index (χ3n) is 2.53. The molecule has 6 nitrogen and oxygen atoms in total. The van der Waals surface area contributed by atoms with E-state index in [1.165, 1.54) is 30.0 Å². The maximum Gasteiger partial charge on any atom is 0.218 e. The molecule has 7 heteroatoms. The lowest BCUT2D eigenvalue weighted by molar-refractivity contribution is 0.448. The van der Waals surface area contributed by atoms with Crippen molar-refractivity contribution in [2.45, 2.75) is 10.1 Å². The van der Waals surface area contributed by atoms with Crippen LogP contribution in [0.4, 0.5) is 0 Å². The van der Waals surface area contributed by atoms with E-state index in [4.69, 9.17) is 0 Å². The van der Waals surface area contributed by atoms with E-state index in [-0.39, 0.29) is 11.5 Å². The number of aromatic hydroxyl groups is 2. The Morgan fingerprint density at radius 3 is 2.35 bits per heavy atom. The van der Waals surface area contributed by atoms with Crippen LogP contribution in [-0.4, -0.2) is 30.4 Å². The molecule has 2 aromatic carbocycles. The molecule has 0 fully saturated rings. The maximum atomic E-state index is 9.48. The second-order valence-electron chi connectivity index (χ2n) is 4.00. The molecule has 3 aromatic rings. The molecule has 0 saturated heterocycles. The summed E-state index contributed by atoms with van der Waals surface area (Å²) in [6.45, 7) is 0. The summed E-state index contributed by atoms with van der Waals surface area (Å²) in [7, 11) is 0. The minimum absolute atomic E-state index is 0.00812. The van der Waals surface area contributed by atoms with Gasteiger partial charge in [0, 0.05) is 11.0 Å². The lowest BCUT2D eigenvalue weighted by atomic mass is 10.3. The Bertz CT molecular complexity index is 710. The van der Waals surface area contributed by atoms with E-state index >= 15 is 0 Å². The average Bonchev–Trinajstić information content (AvgIpc) is 2.86. The summed E-state index contributed by atoms with van der Waals surface area (Å²) in [4.78, 5) is 0.648. The number of phenolic OH excluding ortho intramolecular Hbond substituents is 2. The number of phenols is 2. The fourth-order valence-electron chi connectivity index (χ4n) is 1.71. The Hall–Kier alpha value is -2.54. The highest BCUT2D eigenvalue weighted by atomic mass is 32.2. The molecule has 0 amide bonds. The van der Waals surface area contributed by atoms with Gasteiger partial charge in [-0.05, 0) is 46.5 Å². The molecule has 1 aromatic heterocycles. The zero-order valence-corrected chi connectivity index (χ0v) is 11.0. The Morgan fingerprint density at radius 1 is 0.950 bits per heavy atom. The molecule has 0 aliphatic heterocycles. The molecule has 20 heavy (non-hydrogen) atoms. The van der Waals surface area contributed by atoms with Gasteiger partial charge in [0.2, 0.25) is 5.16 Å². The Kier molecular flexibility index (Phi) is 3.26. The highest BCUT2D eigenvalue weighted by molar-refractivity contribution is 7.99. The molecule has 0 atom stereocenters. The average molecular weight is 286 g/mol. The molecule has 0 unspecified atom stereocenters. The summed E-state index contributed by atoms with van der Waals surface area (Å²) in [5.74, 6) is -0.0162. The van der Waals surface area contributed by atoms with E-state index in [0.29, 0.717) is 10.1 Å². The van der Waals surface area contributed by atoms with Crippen LogP contribution < -0.4 is 0 Å². The van der Waals surface area contributed by atoms with Crippen molar-refractivity contribution in [3.63, 3.8) is 0 Å². The van der Waals surface area contributed by atoms with Crippen molar-refractivity contribution in [3.05, 3.63) is 48.5 Å². The van der Waals surface area contributed by atoms with Crippen molar-refractivity contribution in [1.82, 2.24) is 20.2 Å². The Morgan fingerprint density at radius 2 is 1.65 bits per heavy atom. The van der Waals surface area contributed by atoms with Gasteiger partial charge in [0.1, 0.15) is 11.5 Å². The van der Waals surface area contributed by atoms with Gasteiger partial charge in [-0.15, -0.1) is 5.10 Å². The van der Waals surface area contributed by atoms with Gasteiger partial charge in [-0.25, -0.2) is 0 Å². The minimum Gasteiger partial charge on any atom is -0.508 e. The normalized spacial score (nSPS) is 10.6. The first-order valence-corrected chi connectivity index (χ1v) is 6.59. The Labute approximate surface area is 118 Å². The summed E-state index contributed by atoms with van der Waals surface area (Å²) < 4.78 is 1.59. The van der Waals surface area contributed by atoms with Gasteiger partial charge in [0.25, 0.3) is 0 Å². The smallest absolute Gasteiger partial charge is 0.218 e. The molecule has 0 radical (unpaired) electrons. The van der Waals surface area contributed by atoms with Gasteiger partial charge < -0.3 is 10.2 Å². The molecule has 0 saturated carbocycles. The largest absolute Gasteiger partial charge is 0.508 e. The lowest BCUT2D eigenvalue weighted by Gasteiger charge is -2.04. The van der Waals surface area contributed by atoms with E-state index in [1.807, 2.05) is 30.3 Å². The molecule has 0 aliphatic rings. The number of tetrazole rings is 1. The minimum atomic E-state index is -0.00812. The van der Waals surface area contributed by atoms with E-state index in [2.05, 4.69) is 15.5 Å². The maximum absolute atomic E-state index is 9.48. The number of para-hydroxylation sites is 1. The second kappa shape index (κ2) is 5.22. The summed E-state index contributed by atoms with van der Waals surface area (Å²) >= 11 is 1.25. The van der Waals surface area contributed by atoms with E-state index in [0.717, 1.165) is 5.69 Å². The number of rotatable bonds is 3. The highest BCUT2D eigenvalue weighted by Gasteiger charge is 2.11. The SMILES string of the molecule is Oc1cc(O)cc(Sc2nnnn2-c2ccccc2)c1. The summed E-state index contributed by atoms with van der Waals surface area (Å²) in [6.07, 6.45) is 0. The van der Waals surface area contributed by atoms with Gasteiger partial charge in [-0.3, -0.25) is 0 Å². The van der Waals surface area contributed by atoms with Crippen LogP contribution in [0.2, 0.25) is 0 Å². The zero-order chi connectivity index (χ0) is 13.9. The quantitative estimate of drug-likeness (QED) is 0.768. The van der Waals surface area contributed by atoms with E-state index < -0.39 is 0 Å². The first kappa shape index (κ1) is 12.5. The fourth-order valence-corrected chi connectivity index (χ4v) is 2.58. The van der Waals surface area contributed by atoms with Gasteiger partial charge >= 0.3 is 0 Å². The summed E-state index contributed by atoms with van der Waals surface area (Å²) in [5.41, 5.74) is 0.837. The van der Waals surface area contributed by atoms with Crippen LogP contribution in [0, 0.1) is 0 Å². The molecule has 0 spiro atoms. The second-order valence-corrected chi connectivity index (χ2v) is 5.04. The zero-order valence-electron chi connectivity index (χ0n) is 10.2. The first-order chi connectivity index (χ1) is 9.72. The molecule has 100 valence electrons. The van der Waals surface area contributed by atoms with Crippen LogP contribution >= 0.6 is 11.8 Å². The lowest BCUT2D eigenvalue weighted by Crippen LogP contribution is -1.98. The predicted molar refractivity (Wildman–Crippen MR) is 73.0 cm³/mol.